The average molecular weight is 178 g/mol. The summed E-state index contributed by atoms with van der Waals surface area (Å²) in [6, 6.07) is 3.97. The third-order valence-electron chi connectivity index (χ3n) is 1.63. The molecule has 0 aliphatic heterocycles. The van der Waals surface area contributed by atoms with Crippen molar-refractivity contribution in [1.29, 1.82) is 0 Å². The van der Waals surface area contributed by atoms with Crippen LogP contribution in [0.4, 0.5) is 5.82 Å². The number of hydrogen-bond donors (Lipinski definition) is 0. The maximum absolute atomic E-state index is 5.00. The quantitative estimate of drug-likeness (QED) is 0.526. The summed E-state index contributed by atoms with van der Waals surface area (Å²) in [5.74, 6) is 0.730. The van der Waals surface area contributed by atoms with Crippen molar-refractivity contribution < 1.29 is 4.74 Å². The first kappa shape index (κ1) is 9.71. The van der Waals surface area contributed by atoms with Gasteiger partial charge in [-0.3, -0.25) is 0 Å². The molecule has 0 aliphatic rings. The summed E-state index contributed by atoms with van der Waals surface area (Å²) in [6.45, 7) is 6.47. The van der Waals surface area contributed by atoms with Crippen LogP contribution in [0.15, 0.2) is 17.1 Å². The summed E-state index contributed by atoms with van der Waals surface area (Å²) in [5.41, 5.74) is 2.02. The van der Waals surface area contributed by atoms with Crippen LogP contribution >= 0.6 is 0 Å². The van der Waals surface area contributed by atoms with E-state index in [0.29, 0.717) is 6.61 Å². The van der Waals surface area contributed by atoms with Gasteiger partial charge in [0.1, 0.15) is 0 Å². The number of rotatable bonds is 3. The highest BCUT2D eigenvalue weighted by Gasteiger charge is 1.96. The van der Waals surface area contributed by atoms with Gasteiger partial charge in [-0.05, 0) is 32.4 Å². The molecule has 1 rings (SSSR count). The Bertz CT molecular complexity index is 308. The monoisotopic (exact) mass is 178 g/mol. The predicted octanol–water partition coefficient (Wildman–Crippen LogP) is 2.39. The highest BCUT2D eigenvalue weighted by atomic mass is 16.5. The lowest BCUT2D eigenvalue weighted by Gasteiger charge is -1.99. The second-order valence-electron chi connectivity index (χ2n) is 2.78. The molecule has 0 radical (unpaired) electrons. The van der Waals surface area contributed by atoms with Crippen molar-refractivity contribution in [3.63, 3.8) is 0 Å². The van der Waals surface area contributed by atoms with Gasteiger partial charge in [-0.2, -0.15) is 0 Å². The van der Waals surface area contributed by atoms with Crippen LogP contribution in [0, 0.1) is 13.8 Å². The van der Waals surface area contributed by atoms with Crippen LogP contribution in [0.5, 0.6) is 0 Å². The molecule has 0 spiro atoms. The largest absolute Gasteiger partial charge is 0.483 e. The van der Waals surface area contributed by atoms with Gasteiger partial charge in [-0.1, -0.05) is 6.07 Å². The third kappa shape index (κ3) is 2.86. The molecule has 0 N–H and O–H groups in total. The fourth-order valence-corrected chi connectivity index (χ4v) is 0.905. The number of aromatic nitrogens is 1. The molecule has 0 unspecified atom stereocenters. The van der Waals surface area contributed by atoms with Crippen molar-refractivity contribution in [3.05, 3.63) is 23.4 Å². The Hall–Kier alpha value is -1.38. The van der Waals surface area contributed by atoms with Gasteiger partial charge in [0.15, 0.2) is 12.2 Å². The van der Waals surface area contributed by atoms with E-state index in [0.717, 1.165) is 17.1 Å². The van der Waals surface area contributed by atoms with Gasteiger partial charge in [0, 0.05) is 5.69 Å². The molecule has 0 fully saturated rings. The minimum atomic E-state index is 0.633. The normalized spacial score (nSPS) is 10.7. The first-order valence-electron chi connectivity index (χ1n) is 4.32. The van der Waals surface area contributed by atoms with Crippen LogP contribution in [0.3, 0.4) is 0 Å². The van der Waals surface area contributed by atoms with Gasteiger partial charge in [0.05, 0.1) is 6.61 Å². The summed E-state index contributed by atoms with van der Waals surface area (Å²) in [4.78, 5) is 8.36. The van der Waals surface area contributed by atoms with Gasteiger partial charge in [-0.15, -0.1) is 0 Å². The number of aryl methyl sites for hydroxylation is 2. The minimum Gasteiger partial charge on any atom is -0.483 e. The second kappa shape index (κ2) is 4.60. The molecule has 70 valence electrons. The molecule has 3 heteroatoms. The van der Waals surface area contributed by atoms with Crippen molar-refractivity contribution in [2.75, 3.05) is 6.61 Å². The molecule has 13 heavy (non-hydrogen) atoms. The Morgan fingerprint density at radius 2 is 2.23 bits per heavy atom. The van der Waals surface area contributed by atoms with Gasteiger partial charge < -0.3 is 4.74 Å². The van der Waals surface area contributed by atoms with E-state index in [1.54, 1.807) is 0 Å². The SMILES string of the molecule is CCO/C=N/c1nc(C)ccc1C. The van der Waals surface area contributed by atoms with Crippen molar-refractivity contribution >= 4 is 12.2 Å². The lowest BCUT2D eigenvalue weighted by Crippen LogP contribution is -1.88. The van der Waals surface area contributed by atoms with E-state index < -0.39 is 0 Å². The molecule has 1 aromatic rings. The minimum absolute atomic E-state index is 0.633. The zero-order valence-electron chi connectivity index (χ0n) is 8.24. The molecule has 0 aromatic carbocycles. The third-order valence-corrected chi connectivity index (χ3v) is 1.63. The number of hydrogen-bond acceptors (Lipinski definition) is 3. The van der Waals surface area contributed by atoms with Crippen molar-refractivity contribution in [2.24, 2.45) is 4.99 Å². The predicted molar refractivity (Wildman–Crippen MR) is 53.5 cm³/mol. The van der Waals surface area contributed by atoms with Crippen LogP contribution in [0.2, 0.25) is 0 Å². The van der Waals surface area contributed by atoms with E-state index in [2.05, 4.69) is 9.98 Å². The van der Waals surface area contributed by atoms with E-state index in [9.17, 15) is 0 Å². The second-order valence-corrected chi connectivity index (χ2v) is 2.78. The Balaban J connectivity index is 2.81. The molecule has 0 bridgehead atoms. The van der Waals surface area contributed by atoms with Crippen LogP contribution in [-0.4, -0.2) is 18.0 Å². The lowest BCUT2D eigenvalue weighted by atomic mass is 10.2. The van der Waals surface area contributed by atoms with Gasteiger partial charge in [0.25, 0.3) is 0 Å². The molecular formula is C10H14N2O. The van der Waals surface area contributed by atoms with Crippen LogP contribution in [0.1, 0.15) is 18.2 Å². The highest BCUT2D eigenvalue weighted by Crippen LogP contribution is 2.14. The molecule has 0 amide bonds. The molecular weight excluding hydrogens is 164 g/mol. The molecule has 0 atom stereocenters. The number of nitrogens with zero attached hydrogens (tertiary/aromatic N) is 2. The summed E-state index contributed by atoms with van der Waals surface area (Å²) in [7, 11) is 0. The fraction of sp³-hybridized carbons (Fsp3) is 0.400. The maximum Gasteiger partial charge on any atom is 0.176 e. The topological polar surface area (TPSA) is 34.5 Å². The van der Waals surface area contributed by atoms with E-state index in [-0.39, 0.29) is 0 Å². The molecule has 0 saturated carbocycles. The molecule has 1 aromatic heterocycles. The number of pyridine rings is 1. The Labute approximate surface area is 78.5 Å². The summed E-state index contributed by atoms with van der Waals surface area (Å²) in [5, 5.41) is 0. The van der Waals surface area contributed by atoms with Gasteiger partial charge in [0.2, 0.25) is 0 Å². The van der Waals surface area contributed by atoms with Crippen molar-refractivity contribution in [1.82, 2.24) is 4.98 Å². The Kier molecular flexibility index (Phi) is 3.43. The smallest absolute Gasteiger partial charge is 0.176 e. The highest BCUT2D eigenvalue weighted by molar-refractivity contribution is 5.55. The van der Waals surface area contributed by atoms with E-state index in [1.807, 2.05) is 32.9 Å². The van der Waals surface area contributed by atoms with E-state index in [1.165, 1.54) is 6.40 Å². The zero-order valence-corrected chi connectivity index (χ0v) is 8.24. The van der Waals surface area contributed by atoms with Crippen molar-refractivity contribution in [3.8, 4) is 0 Å². The summed E-state index contributed by atoms with van der Waals surface area (Å²) >= 11 is 0. The average Bonchev–Trinajstić information content (AvgIpc) is 2.11. The van der Waals surface area contributed by atoms with Crippen LogP contribution in [0.25, 0.3) is 0 Å². The molecule has 0 saturated heterocycles. The molecule has 0 aliphatic carbocycles. The first-order valence-corrected chi connectivity index (χ1v) is 4.32. The summed E-state index contributed by atoms with van der Waals surface area (Å²) < 4.78 is 5.00. The first-order chi connectivity index (χ1) is 6.24. The van der Waals surface area contributed by atoms with E-state index in [4.69, 9.17) is 4.74 Å². The van der Waals surface area contributed by atoms with Gasteiger partial charge >= 0.3 is 0 Å². The van der Waals surface area contributed by atoms with Crippen LogP contribution in [-0.2, 0) is 4.74 Å². The van der Waals surface area contributed by atoms with Crippen LogP contribution < -0.4 is 0 Å². The number of aliphatic imine (C=N–C) groups is 1. The standard InChI is InChI=1S/C10H14N2O/c1-4-13-7-11-10-8(2)5-6-9(3)12-10/h5-7H,4H2,1-3H3/b11-7+. The maximum atomic E-state index is 5.00. The molecule has 1 heterocycles. The zero-order chi connectivity index (χ0) is 9.68. The summed E-state index contributed by atoms with van der Waals surface area (Å²) in [6.07, 6.45) is 1.44. The van der Waals surface area contributed by atoms with Gasteiger partial charge in [-0.25, -0.2) is 9.98 Å². The number of ether oxygens (including phenoxy) is 1. The molecule has 3 nitrogen and oxygen atoms in total. The Morgan fingerprint density at radius 3 is 2.92 bits per heavy atom. The fourth-order valence-electron chi connectivity index (χ4n) is 0.905. The lowest BCUT2D eigenvalue weighted by molar-refractivity contribution is 0.344. The van der Waals surface area contributed by atoms with Crippen molar-refractivity contribution in [2.45, 2.75) is 20.8 Å². The van der Waals surface area contributed by atoms with E-state index >= 15 is 0 Å². The Morgan fingerprint density at radius 1 is 1.46 bits per heavy atom.